The number of nitro benzene ring substituents is 1. The van der Waals surface area contributed by atoms with Crippen molar-refractivity contribution in [2.45, 2.75) is 32.6 Å². The van der Waals surface area contributed by atoms with E-state index in [-0.39, 0.29) is 22.8 Å². The Labute approximate surface area is 118 Å². The molecule has 0 unspecified atom stereocenters. The largest absolute Gasteiger partial charge is 0.383 e. The highest BCUT2D eigenvalue weighted by Crippen LogP contribution is 2.26. The van der Waals surface area contributed by atoms with Crippen LogP contribution < -0.4 is 5.32 Å². The zero-order valence-corrected chi connectivity index (χ0v) is 12.1. The van der Waals surface area contributed by atoms with Crippen LogP contribution in [-0.2, 0) is 11.3 Å². The zero-order valence-electron chi connectivity index (χ0n) is 12.1. The molecule has 2 rings (SSSR count). The van der Waals surface area contributed by atoms with Gasteiger partial charge in [0.2, 0.25) is 0 Å². The number of morpholine rings is 1. The fourth-order valence-electron chi connectivity index (χ4n) is 2.71. The Morgan fingerprint density at radius 2 is 2.05 bits per heavy atom. The number of nitrogens with one attached hydrogen (secondary N) is 1. The van der Waals surface area contributed by atoms with Gasteiger partial charge in [-0.2, -0.15) is 0 Å². The molecular formula is C14H21N3O3. The van der Waals surface area contributed by atoms with E-state index in [1.165, 1.54) is 0 Å². The predicted octanol–water partition coefficient (Wildman–Crippen LogP) is 2.25. The molecule has 0 aromatic heterocycles. The van der Waals surface area contributed by atoms with Crippen LogP contribution >= 0.6 is 0 Å². The van der Waals surface area contributed by atoms with Crippen LogP contribution in [-0.4, -0.2) is 42.2 Å². The Kier molecular flexibility index (Phi) is 4.57. The van der Waals surface area contributed by atoms with Gasteiger partial charge in [-0.25, -0.2) is 0 Å². The van der Waals surface area contributed by atoms with Gasteiger partial charge in [0, 0.05) is 32.7 Å². The summed E-state index contributed by atoms with van der Waals surface area (Å²) in [4.78, 5) is 13.0. The molecule has 0 radical (unpaired) electrons. The molecule has 1 fully saturated rings. The maximum absolute atomic E-state index is 11.1. The lowest BCUT2D eigenvalue weighted by Gasteiger charge is -2.35. The lowest BCUT2D eigenvalue weighted by Crippen LogP contribution is -2.44. The predicted molar refractivity (Wildman–Crippen MR) is 77.9 cm³/mol. The number of nitrogens with zero attached hydrogens (tertiary/aromatic N) is 2. The van der Waals surface area contributed by atoms with Crippen LogP contribution in [0, 0.1) is 10.1 Å². The summed E-state index contributed by atoms with van der Waals surface area (Å²) in [5.74, 6) is 0. The van der Waals surface area contributed by atoms with E-state index in [4.69, 9.17) is 4.74 Å². The average molecular weight is 279 g/mol. The zero-order chi connectivity index (χ0) is 14.7. The van der Waals surface area contributed by atoms with Crippen molar-refractivity contribution >= 4 is 11.4 Å². The monoisotopic (exact) mass is 279 g/mol. The van der Waals surface area contributed by atoms with Crippen molar-refractivity contribution in [2.75, 3.05) is 25.5 Å². The number of anilines is 1. The van der Waals surface area contributed by atoms with Gasteiger partial charge >= 0.3 is 0 Å². The lowest BCUT2D eigenvalue weighted by atomic mass is 10.1. The Morgan fingerprint density at radius 3 is 2.60 bits per heavy atom. The summed E-state index contributed by atoms with van der Waals surface area (Å²) in [7, 11) is 1.69. The van der Waals surface area contributed by atoms with Gasteiger partial charge < -0.3 is 10.1 Å². The molecule has 1 aromatic carbocycles. The SMILES string of the molecule is CNc1ccc(CN2C[C@@H](C)O[C@@H](C)C2)cc1[N+](=O)[O-]. The van der Waals surface area contributed by atoms with E-state index in [1.807, 2.05) is 6.07 Å². The second-order valence-electron chi connectivity index (χ2n) is 5.31. The van der Waals surface area contributed by atoms with Crippen molar-refractivity contribution < 1.29 is 9.66 Å². The first-order chi connectivity index (χ1) is 9.49. The Hall–Kier alpha value is -1.66. The molecule has 0 aliphatic carbocycles. The van der Waals surface area contributed by atoms with Crippen molar-refractivity contribution in [3.8, 4) is 0 Å². The molecule has 1 aliphatic rings. The van der Waals surface area contributed by atoms with Gasteiger partial charge in [0.15, 0.2) is 0 Å². The molecule has 0 saturated carbocycles. The molecule has 1 N–H and O–H groups in total. The Morgan fingerprint density at radius 1 is 1.40 bits per heavy atom. The van der Waals surface area contributed by atoms with Crippen molar-refractivity contribution in [3.05, 3.63) is 33.9 Å². The normalized spacial score (nSPS) is 23.6. The summed E-state index contributed by atoms with van der Waals surface area (Å²) in [6.07, 6.45) is 0.399. The van der Waals surface area contributed by atoms with Gasteiger partial charge in [0.05, 0.1) is 17.1 Å². The van der Waals surface area contributed by atoms with E-state index in [9.17, 15) is 10.1 Å². The second-order valence-corrected chi connectivity index (χ2v) is 5.31. The maximum Gasteiger partial charge on any atom is 0.292 e. The number of ether oxygens (including phenoxy) is 1. The first kappa shape index (κ1) is 14.7. The quantitative estimate of drug-likeness (QED) is 0.676. The van der Waals surface area contributed by atoms with Gasteiger partial charge in [-0.15, -0.1) is 0 Å². The molecule has 0 amide bonds. The molecule has 1 aliphatic heterocycles. The van der Waals surface area contributed by atoms with Crippen LogP contribution in [0.2, 0.25) is 0 Å². The third-order valence-electron chi connectivity index (χ3n) is 3.43. The summed E-state index contributed by atoms with van der Waals surface area (Å²) in [6, 6.07) is 5.35. The minimum absolute atomic E-state index is 0.124. The second kappa shape index (κ2) is 6.19. The molecular weight excluding hydrogens is 258 g/mol. The van der Waals surface area contributed by atoms with E-state index in [0.717, 1.165) is 18.7 Å². The van der Waals surface area contributed by atoms with Crippen LogP contribution in [0.25, 0.3) is 0 Å². The van der Waals surface area contributed by atoms with E-state index in [1.54, 1.807) is 19.2 Å². The molecule has 1 heterocycles. The minimum Gasteiger partial charge on any atom is -0.383 e. The number of rotatable bonds is 4. The first-order valence-corrected chi connectivity index (χ1v) is 6.82. The Balaban J connectivity index is 2.13. The summed E-state index contributed by atoms with van der Waals surface area (Å²) in [5.41, 5.74) is 1.62. The fraction of sp³-hybridized carbons (Fsp3) is 0.571. The van der Waals surface area contributed by atoms with Gasteiger partial charge in [-0.05, 0) is 25.5 Å². The average Bonchev–Trinajstić information content (AvgIpc) is 2.37. The molecule has 1 aromatic rings. The highest BCUT2D eigenvalue weighted by Gasteiger charge is 2.23. The third-order valence-corrected chi connectivity index (χ3v) is 3.43. The molecule has 110 valence electrons. The summed E-state index contributed by atoms with van der Waals surface area (Å²) in [5, 5.41) is 13.9. The minimum atomic E-state index is -0.347. The number of benzene rings is 1. The topological polar surface area (TPSA) is 67.6 Å². The van der Waals surface area contributed by atoms with Gasteiger partial charge in [-0.3, -0.25) is 15.0 Å². The van der Waals surface area contributed by atoms with Gasteiger partial charge in [0.25, 0.3) is 5.69 Å². The van der Waals surface area contributed by atoms with E-state index in [2.05, 4.69) is 24.1 Å². The third kappa shape index (κ3) is 3.46. The molecule has 6 heteroatoms. The van der Waals surface area contributed by atoms with Crippen LogP contribution in [0.4, 0.5) is 11.4 Å². The van der Waals surface area contributed by atoms with Crippen LogP contribution in [0.1, 0.15) is 19.4 Å². The lowest BCUT2D eigenvalue weighted by molar-refractivity contribution is -0.384. The molecule has 20 heavy (non-hydrogen) atoms. The molecule has 2 atom stereocenters. The van der Waals surface area contributed by atoms with Crippen molar-refractivity contribution in [1.29, 1.82) is 0 Å². The van der Waals surface area contributed by atoms with Crippen molar-refractivity contribution in [3.63, 3.8) is 0 Å². The summed E-state index contributed by atoms with van der Waals surface area (Å²) < 4.78 is 5.69. The fourth-order valence-corrected chi connectivity index (χ4v) is 2.71. The van der Waals surface area contributed by atoms with Gasteiger partial charge in [-0.1, -0.05) is 6.07 Å². The molecule has 1 saturated heterocycles. The smallest absolute Gasteiger partial charge is 0.292 e. The van der Waals surface area contributed by atoms with Crippen molar-refractivity contribution in [2.24, 2.45) is 0 Å². The number of hydrogen-bond acceptors (Lipinski definition) is 5. The maximum atomic E-state index is 11.1. The van der Waals surface area contributed by atoms with Crippen molar-refractivity contribution in [1.82, 2.24) is 4.90 Å². The van der Waals surface area contributed by atoms with E-state index < -0.39 is 0 Å². The molecule has 6 nitrogen and oxygen atoms in total. The number of hydrogen-bond donors (Lipinski definition) is 1. The summed E-state index contributed by atoms with van der Waals surface area (Å²) >= 11 is 0. The number of nitro groups is 1. The van der Waals surface area contributed by atoms with Crippen LogP contribution in [0.15, 0.2) is 18.2 Å². The highest BCUT2D eigenvalue weighted by molar-refractivity contribution is 5.62. The first-order valence-electron chi connectivity index (χ1n) is 6.82. The highest BCUT2D eigenvalue weighted by atomic mass is 16.6. The molecule has 0 bridgehead atoms. The molecule has 0 spiro atoms. The van der Waals surface area contributed by atoms with Crippen LogP contribution in [0.3, 0.4) is 0 Å². The van der Waals surface area contributed by atoms with E-state index >= 15 is 0 Å². The van der Waals surface area contributed by atoms with Gasteiger partial charge in [0.1, 0.15) is 5.69 Å². The summed E-state index contributed by atoms with van der Waals surface area (Å²) in [6.45, 7) is 6.52. The Bertz CT molecular complexity index is 483. The standard InChI is InChI=1S/C14H21N3O3/c1-10-7-16(8-11(2)20-10)9-12-4-5-13(15-3)14(6-12)17(18)19/h4-6,10-11,15H,7-9H2,1-3H3/t10-,11+. The van der Waals surface area contributed by atoms with Crippen LogP contribution in [0.5, 0.6) is 0 Å². The van der Waals surface area contributed by atoms with E-state index in [0.29, 0.717) is 12.2 Å².